The van der Waals surface area contributed by atoms with E-state index >= 15 is 0 Å². The Morgan fingerprint density at radius 2 is 1.92 bits per heavy atom. The Balaban J connectivity index is 1.92. The lowest BCUT2D eigenvalue weighted by molar-refractivity contribution is 0.129. The highest BCUT2D eigenvalue weighted by molar-refractivity contribution is 5.83. The minimum Gasteiger partial charge on any atom is -0.447 e. The van der Waals surface area contributed by atoms with E-state index in [2.05, 4.69) is 25.8 Å². The van der Waals surface area contributed by atoms with Gasteiger partial charge in [-0.2, -0.15) is 0 Å². The standard InChI is InChI=1S/C17H20N6O2/c1-10(2)25-17(24)20-16-22-21-15-14(18-8-9-23(15)16)19-13-11(3)6-5-7-12(13)4/h5-10H,1-4H3,(H,18,19)(H,20,22,24). The average molecular weight is 340 g/mol. The van der Waals surface area contributed by atoms with Crippen molar-refractivity contribution in [2.45, 2.75) is 33.8 Å². The van der Waals surface area contributed by atoms with Crippen molar-refractivity contribution in [3.63, 3.8) is 0 Å². The molecule has 0 radical (unpaired) electrons. The predicted octanol–water partition coefficient (Wildman–Crippen LogP) is 3.44. The highest BCUT2D eigenvalue weighted by atomic mass is 16.6. The van der Waals surface area contributed by atoms with Gasteiger partial charge in [-0.1, -0.05) is 18.2 Å². The molecule has 1 amide bonds. The van der Waals surface area contributed by atoms with E-state index in [1.165, 1.54) is 0 Å². The molecule has 0 aliphatic carbocycles. The zero-order valence-electron chi connectivity index (χ0n) is 14.6. The first-order chi connectivity index (χ1) is 12.0. The maximum atomic E-state index is 11.8. The first-order valence-corrected chi connectivity index (χ1v) is 7.96. The Kier molecular flexibility index (Phi) is 4.51. The van der Waals surface area contributed by atoms with Gasteiger partial charge in [0.2, 0.25) is 11.6 Å². The van der Waals surface area contributed by atoms with Crippen LogP contribution in [-0.4, -0.2) is 31.8 Å². The highest BCUT2D eigenvalue weighted by Gasteiger charge is 2.15. The summed E-state index contributed by atoms with van der Waals surface area (Å²) in [5, 5.41) is 14.0. The number of nitrogens with zero attached hydrogens (tertiary/aromatic N) is 4. The number of anilines is 3. The summed E-state index contributed by atoms with van der Waals surface area (Å²) in [6.07, 6.45) is 2.49. The fraction of sp³-hybridized carbons (Fsp3) is 0.294. The monoisotopic (exact) mass is 340 g/mol. The van der Waals surface area contributed by atoms with Crippen LogP contribution in [-0.2, 0) is 4.74 Å². The van der Waals surface area contributed by atoms with E-state index in [0.29, 0.717) is 11.5 Å². The summed E-state index contributed by atoms with van der Waals surface area (Å²) in [5.74, 6) is 0.824. The highest BCUT2D eigenvalue weighted by Crippen LogP contribution is 2.25. The summed E-state index contributed by atoms with van der Waals surface area (Å²) in [7, 11) is 0. The summed E-state index contributed by atoms with van der Waals surface area (Å²) < 4.78 is 6.71. The molecule has 2 N–H and O–H groups in total. The SMILES string of the molecule is Cc1cccc(C)c1Nc1nccn2c(NC(=O)OC(C)C)nnc12. The molecule has 0 spiro atoms. The first-order valence-electron chi connectivity index (χ1n) is 7.96. The van der Waals surface area contributed by atoms with Gasteiger partial charge in [0.25, 0.3) is 0 Å². The summed E-state index contributed by atoms with van der Waals surface area (Å²) >= 11 is 0. The van der Waals surface area contributed by atoms with Gasteiger partial charge < -0.3 is 10.1 Å². The van der Waals surface area contributed by atoms with Crippen molar-refractivity contribution >= 4 is 29.2 Å². The van der Waals surface area contributed by atoms with Gasteiger partial charge in [-0.3, -0.25) is 9.72 Å². The van der Waals surface area contributed by atoms with Gasteiger partial charge in [0.1, 0.15) is 0 Å². The Hall–Kier alpha value is -3.16. The van der Waals surface area contributed by atoms with Crippen LogP contribution in [0.25, 0.3) is 5.65 Å². The maximum Gasteiger partial charge on any atom is 0.414 e. The predicted molar refractivity (Wildman–Crippen MR) is 95.2 cm³/mol. The molecule has 3 rings (SSSR count). The van der Waals surface area contributed by atoms with Crippen molar-refractivity contribution < 1.29 is 9.53 Å². The van der Waals surface area contributed by atoms with E-state index in [9.17, 15) is 4.79 Å². The molecule has 0 unspecified atom stereocenters. The van der Waals surface area contributed by atoms with E-state index in [0.717, 1.165) is 16.8 Å². The fourth-order valence-electron chi connectivity index (χ4n) is 2.46. The fourth-order valence-corrected chi connectivity index (χ4v) is 2.46. The van der Waals surface area contributed by atoms with E-state index in [1.54, 1.807) is 30.6 Å². The molecule has 0 saturated carbocycles. The van der Waals surface area contributed by atoms with Gasteiger partial charge in [0, 0.05) is 18.1 Å². The Morgan fingerprint density at radius 1 is 1.20 bits per heavy atom. The number of hydrogen-bond donors (Lipinski definition) is 2. The Labute approximate surface area is 145 Å². The van der Waals surface area contributed by atoms with Crippen molar-refractivity contribution in [3.05, 3.63) is 41.7 Å². The van der Waals surface area contributed by atoms with E-state index in [-0.39, 0.29) is 12.1 Å². The number of carbonyl (C=O) groups is 1. The zero-order chi connectivity index (χ0) is 18.0. The van der Waals surface area contributed by atoms with Crippen LogP contribution >= 0.6 is 0 Å². The molecule has 1 aromatic carbocycles. The van der Waals surface area contributed by atoms with Gasteiger partial charge in [0.15, 0.2) is 5.82 Å². The van der Waals surface area contributed by atoms with E-state index in [4.69, 9.17) is 4.74 Å². The molecule has 0 aliphatic rings. The van der Waals surface area contributed by atoms with Crippen LogP contribution < -0.4 is 10.6 Å². The van der Waals surface area contributed by atoms with Crippen LogP contribution in [0.1, 0.15) is 25.0 Å². The number of para-hydroxylation sites is 1. The summed E-state index contributed by atoms with van der Waals surface area (Å²) in [6.45, 7) is 7.60. The van der Waals surface area contributed by atoms with Crippen LogP contribution in [0, 0.1) is 13.8 Å². The lowest BCUT2D eigenvalue weighted by Crippen LogP contribution is -2.19. The molecule has 25 heavy (non-hydrogen) atoms. The number of aromatic nitrogens is 4. The molecular weight excluding hydrogens is 320 g/mol. The summed E-state index contributed by atoms with van der Waals surface area (Å²) in [5.41, 5.74) is 3.68. The van der Waals surface area contributed by atoms with E-state index < -0.39 is 6.09 Å². The minimum atomic E-state index is -0.578. The van der Waals surface area contributed by atoms with Gasteiger partial charge >= 0.3 is 6.09 Å². The first kappa shape index (κ1) is 16.7. The van der Waals surface area contributed by atoms with Crippen molar-refractivity contribution in [3.8, 4) is 0 Å². The molecule has 2 aromatic heterocycles. The van der Waals surface area contributed by atoms with Crippen molar-refractivity contribution in [1.29, 1.82) is 0 Å². The number of benzene rings is 1. The lowest BCUT2D eigenvalue weighted by Gasteiger charge is -2.12. The number of fused-ring (bicyclic) bond motifs is 1. The number of ether oxygens (including phenoxy) is 1. The molecule has 8 heteroatoms. The second-order valence-corrected chi connectivity index (χ2v) is 5.96. The molecule has 0 fully saturated rings. The van der Waals surface area contributed by atoms with Gasteiger partial charge in [0.05, 0.1) is 6.10 Å². The second-order valence-electron chi connectivity index (χ2n) is 5.96. The molecule has 0 bridgehead atoms. The molecule has 8 nitrogen and oxygen atoms in total. The zero-order valence-corrected chi connectivity index (χ0v) is 14.6. The van der Waals surface area contributed by atoms with Crippen LogP contribution in [0.4, 0.5) is 22.2 Å². The number of carbonyl (C=O) groups excluding carboxylic acids is 1. The largest absolute Gasteiger partial charge is 0.447 e. The van der Waals surface area contributed by atoms with Crippen molar-refractivity contribution in [2.24, 2.45) is 0 Å². The summed E-state index contributed by atoms with van der Waals surface area (Å²) in [6, 6.07) is 6.05. The van der Waals surface area contributed by atoms with Crippen LogP contribution in [0.15, 0.2) is 30.6 Å². The third kappa shape index (κ3) is 3.52. The van der Waals surface area contributed by atoms with Crippen LogP contribution in [0.2, 0.25) is 0 Å². The molecule has 0 saturated heterocycles. The average Bonchev–Trinajstić information content (AvgIpc) is 2.94. The Morgan fingerprint density at radius 3 is 2.60 bits per heavy atom. The van der Waals surface area contributed by atoms with Crippen LogP contribution in [0.3, 0.4) is 0 Å². The third-order valence-corrected chi connectivity index (χ3v) is 3.61. The van der Waals surface area contributed by atoms with Gasteiger partial charge in [-0.15, -0.1) is 10.2 Å². The molecular formula is C17H20N6O2. The number of nitrogens with one attached hydrogen (secondary N) is 2. The third-order valence-electron chi connectivity index (χ3n) is 3.61. The normalized spacial score (nSPS) is 10.9. The summed E-state index contributed by atoms with van der Waals surface area (Å²) in [4.78, 5) is 16.1. The van der Waals surface area contributed by atoms with E-state index in [1.807, 2.05) is 32.0 Å². The number of rotatable bonds is 4. The molecule has 130 valence electrons. The van der Waals surface area contributed by atoms with Crippen molar-refractivity contribution in [2.75, 3.05) is 10.6 Å². The topological polar surface area (TPSA) is 93.4 Å². The number of amides is 1. The minimum absolute atomic E-state index is 0.220. The number of aryl methyl sites for hydroxylation is 2. The smallest absolute Gasteiger partial charge is 0.414 e. The molecule has 0 aliphatic heterocycles. The maximum absolute atomic E-state index is 11.8. The van der Waals surface area contributed by atoms with Crippen LogP contribution in [0.5, 0.6) is 0 Å². The quantitative estimate of drug-likeness (QED) is 0.755. The Bertz CT molecular complexity index is 898. The van der Waals surface area contributed by atoms with Gasteiger partial charge in [-0.05, 0) is 38.8 Å². The molecule has 0 atom stereocenters. The van der Waals surface area contributed by atoms with Crippen molar-refractivity contribution in [1.82, 2.24) is 19.6 Å². The number of hydrogen-bond acceptors (Lipinski definition) is 6. The molecule has 2 heterocycles. The molecule has 3 aromatic rings. The lowest BCUT2D eigenvalue weighted by atomic mass is 10.1. The second kappa shape index (κ2) is 6.76. The van der Waals surface area contributed by atoms with Gasteiger partial charge in [-0.25, -0.2) is 9.78 Å².